The van der Waals surface area contributed by atoms with E-state index < -0.39 is 54.3 Å². The molecular formula is C24H25F3N2O8. The summed E-state index contributed by atoms with van der Waals surface area (Å²) in [4.78, 5) is 49.7. The number of furan rings is 1. The molecule has 0 saturated carbocycles. The Kier molecular flexibility index (Phi) is 8.14. The summed E-state index contributed by atoms with van der Waals surface area (Å²) in [5.41, 5.74) is -2.23. The summed E-state index contributed by atoms with van der Waals surface area (Å²) in [6.07, 6.45) is -6.18. The maximum atomic E-state index is 13.1. The van der Waals surface area contributed by atoms with Gasteiger partial charge in [-0.3, -0.25) is 14.2 Å². The van der Waals surface area contributed by atoms with Gasteiger partial charge in [-0.25, -0.2) is 9.59 Å². The molecule has 1 saturated heterocycles. The minimum absolute atomic E-state index is 0.0172. The quantitative estimate of drug-likeness (QED) is 0.416. The van der Waals surface area contributed by atoms with E-state index in [-0.39, 0.29) is 29.8 Å². The molecule has 1 fully saturated rings. The summed E-state index contributed by atoms with van der Waals surface area (Å²) < 4.78 is 59.9. The second-order valence-electron chi connectivity index (χ2n) is 9.29. The lowest BCUT2D eigenvalue weighted by Gasteiger charge is -2.19. The summed E-state index contributed by atoms with van der Waals surface area (Å²) >= 11 is 0. The first-order chi connectivity index (χ1) is 17.2. The Bertz CT molecular complexity index is 1320. The summed E-state index contributed by atoms with van der Waals surface area (Å²) in [6.45, 7) is 6.08. The molecule has 0 bridgehead atoms. The van der Waals surface area contributed by atoms with Crippen molar-refractivity contribution in [3.8, 4) is 11.8 Å². The number of aryl methyl sites for hydroxylation is 1. The van der Waals surface area contributed by atoms with E-state index in [1.807, 2.05) is 20.8 Å². The fourth-order valence-electron chi connectivity index (χ4n) is 3.48. The first kappa shape index (κ1) is 27.9. The van der Waals surface area contributed by atoms with Crippen LogP contribution in [0.1, 0.15) is 49.5 Å². The van der Waals surface area contributed by atoms with Gasteiger partial charge in [-0.05, 0) is 39.8 Å². The summed E-state index contributed by atoms with van der Waals surface area (Å²) in [5.74, 6) is 2.08. The monoisotopic (exact) mass is 526 g/mol. The zero-order valence-corrected chi connectivity index (χ0v) is 20.5. The van der Waals surface area contributed by atoms with E-state index in [1.165, 1.54) is 31.5 Å². The fraction of sp³-hybridized carbons (Fsp3) is 0.500. The molecule has 0 spiro atoms. The number of aromatic nitrogens is 2. The Hall–Kier alpha value is -3.63. The Balaban J connectivity index is 1.90. The number of ether oxygens (including phenoxy) is 3. The van der Waals surface area contributed by atoms with E-state index >= 15 is 0 Å². The van der Waals surface area contributed by atoms with Crippen LogP contribution in [0, 0.1) is 24.2 Å². The molecule has 200 valence electrons. The number of hydrogen-bond donors (Lipinski definition) is 0. The van der Waals surface area contributed by atoms with Crippen molar-refractivity contribution in [2.45, 2.75) is 58.7 Å². The van der Waals surface area contributed by atoms with Crippen LogP contribution in [0.4, 0.5) is 13.2 Å². The van der Waals surface area contributed by atoms with Gasteiger partial charge in [-0.1, -0.05) is 11.8 Å². The van der Waals surface area contributed by atoms with Crippen molar-refractivity contribution in [3.63, 3.8) is 0 Å². The van der Waals surface area contributed by atoms with Crippen LogP contribution in [0.15, 0.2) is 38.6 Å². The Morgan fingerprint density at radius 1 is 1.22 bits per heavy atom. The molecule has 1 aliphatic heterocycles. The third-order valence-electron chi connectivity index (χ3n) is 5.15. The smallest absolute Gasteiger partial charge is 0.459 e. The highest BCUT2D eigenvalue weighted by Gasteiger charge is 2.44. The molecule has 0 aromatic carbocycles. The number of hydrogen-bond acceptors (Lipinski definition) is 8. The normalized spacial score (nSPS) is 19.8. The van der Waals surface area contributed by atoms with Crippen molar-refractivity contribution in [2.24, 2.45) is 5.41 Å². The van der Waals surface area contributed by atoms with Gasteiger partial charge in [-0.2, -0.15) is 17.7 Å². The van der Waals surface area contributed by atoms with Crippen molar-refractivity contribution in [1.82, 2.24) is 9.13 Å². The average Bonchev–Trinajstić information content (AvgIpc) is 3.46. The lowest BCUT2D eigenvalue weighted by molar-refractivity contribution is -0.204. The first-order valence-corrected chi connectivity index (χ1v) is 11.1. The van der Waals surface area contributed by atoms with Crippen molar-refractivity contribution in [1.29, 1.82) is 0 Å². The van der Waals surface area contributed by atoms with Gasteiger partial charge < -0.3 is 18.6 Å². The molecule has 3 heterocycles. The molecular weight excluding hydrogens is 501 g/mol. The molecule has 1 aliphatic rings. The van der Waals surface area contributed by atoms with E-state index in [0.717, 1.165) is 4.57 Å². The molecule has 0 radical (unpaired) electrons. The predicted octanol–water partition coefficient (Wildman–Crippen LogP) is 2.43. The lowest BCUT2D eigenvalue weighted by atomic mass is 9.98. The molecule has 0 N–H and O–H groups in total. The van der Waals surface area contributed by atoms with Gasteiger partial charge in [0.2, 0.25) is 0 Å². The Morgan fingerprint density at radius 2 is 1.92 bits per heavy atom. The van der Waals surface area contributed by atoms with Gasteiger partial charge in [0, 0.05) is 23.6 Å². The van der Waals surface area contributed by atoms with Crippen LogP contribution in [0.2, 0.25) is 0 Å². The lowest BCUT2D eigenvalue weighted by Crippen LogP contribution is -2.45. The maximum Gasteiger partial charge on any atom is 0.490 e. The van der Waals surface area contributed by atoms with Crippen LogP contribution in [0.25, 0.3) is 0 Å². The van der Waals surface area contributed by atoms with Crippen molar-refractivity contribution in [2.75, 3.05) is 13.2 Å². The average molecular weight is 526 g/mol. The minimum Gasteiger partial charge on any atom is -0.459 e. The van der Waals surface area contributed by atoms with Crippen molar-refractivity contribution >= 4 is 11.9 Å². The number of alkyl halides is 3. The fourth-order valence-corrected chi connectivity index (χ4v) is 3.48. The van der Waals surface area contributed by atoms with Gasteiger partial charge in [0.25, 0.3) is 5.56 Å². The van der Waals surface area contributed by atoms with E-state index in [2.05, 4.69) is 16.6 Å². The number of rotatable bonds is 6. The summed E-state index contributed by atoms with van der Waals surface area (Å²) in [6, 6.07) is 2.69. The molecule has 2 aromatic rings. The van der Waals surface area contributed by atoms with Crippen molar-refractivity contribution in [3.05, 3.63) is 56.8 Å². The summed E-state index contributed by atoms with van der Waals surface area (Å²) in [7, 11) is 0. The molecule has 3 rings (SSSR count). The van der Waals surface area contributed by atoms with Gasteiger partial charge in [0.15, 0.2) is 5.76 Å². The number of carbonyl (C=O) groups is 2. The number of esters is 1. The zero-order valence-electron chi connectivity index (χ0n) is 20.5. The van der Waals surface area contributed by atoms with Gasteiger partial charge in [-0.15, -0.1) is 0 Å². The predicted molar refractivity (Wildman–Crippen MR) is 121 cm³/mol. The highest BCUT2D eigenvalue weighted by atomic mass is 19.4. The molecule has 3 atom stereocenters. The van der Waals surface area contributed by atoms with E-state index in [9.17, 15) is 32.3 Å². The van der Waals surface area contributed by atoms with Crippen molar-refractivity contribution < 1.29 is 41.4 Å². The third kappa shape index (κ3) is 6.78. The minimum atomic E-state index is -5.21. The highest BCUT2D eigenvalue weighted by molar-refractivity contribution is 5.93. The Labute approximate surface area is 208 Å². The standard InChI is InChI=1S/C24H25F3N2O8/c1-14-12-28(22(33)29(19(14)30)20(31)15-7-5-9-34-15)18-11-16(35-10-6-8-23(2,3)4)17(37-18)13-36-21(32)24(25,26)27/h5,7,9,12,16-18H,10-11,13H2,1-4H3/t16-,17+,18+/m0/s1. The van der Waals surface area contributed by atoms with Crippen LogP contribution in [-0.2, 0) is 19.0 Å². The number of carbonyl (C=O) groups excluding carboxylic acids is 2. The first-order valence-electron chi connectivity index (χ1n) is 11.1. The highest BCUT2D eigenvalue weighted by Crippen LogP contribution is 2.31. The molecule has 13 heteroatoms. The number of nitrogens with zero attached hydrogens (tertiary/aromatic N) is 2. The van der Waals surface area contributed by atoms with Crippen LogP contribution in [-0.4, -0.2) is 52.6 Å². The maximum absolute atomic E-state index is 13.1. The largest absolute Gasteiger partial charge is 0.490 e. The van der Waals surface area contributed by atoms with Crippen LogP contribution in [0.5, 0.6) is 0 Å². The van der Waals surface area contributed by atoms with Gasteiger partial charge >= 0.3 is 23.7 Å². The van der Waals surface area contributed by atoms with Crippen LogP contribution < -0.4 is 11.2 Å². The molecule has 0 amide bonds. The van der Waals surface area contributed by atoms with Gasteiger partial charge in [0.05, 0.1) is 12.4 Å². The number of halogens is 3. The topological polar surface area (TPSA) is 119 Å². The SMILES string of the molecule is Cc1cn([C@H]2C[C@H](OCC#CC(C)(C)C)[C@@H](COC(=O)C(F)(F)F)O2)c(=O)n(C(=O)c2ccco2)c1=O. The Morgan fingerprint density at radius 3 is 2.51 bits per heavy atom. The molecule has 0 unspecified atom stereocenters. The second-order valence-corrected chi connectivity index (χ2v) is 9.29. The van der Waals surface area contributed by atoms with Crippen LogP contribution in [0.3, 0.4) is 0 Å². The molecule has 10 nitrogen and oxygen atoms in total. The van der Waals surface area contributed by atoms with Crippen LogP contribution >= 0.6 is 0 Å². The van der Waals surface area contributed by atoms with Gasteiger partial charge in [0.1, 0.15) is 25.5 Å². The third-order valence-corrected chi connectivity index (χ3v) is 5.15. The molecule has 37 heavy (non-hydrogen) atoms. The van der Waals surface area contributed by atoms with E-state index in [4.69, 9.17) is 13.9 Å². The van der Waals surface area contributed by atoms with E-state index in [1.54, 1.807) is 0 Å². The molecule has 0 aliphatic carbocycles. The zero-order chi connectivity index (χ0) is 27.5. The van der Waals surface area contributed by atoms with E-state index in [0.29, 0.717) is 4.57 Å². The molecule has 2 aromatic heterocycles. The summed E-state index contributed by atoms with van der Waals surface area (Å²) in [5, 5.41) is 0. The second kappa shape index (κ2) is 10.8.